The molecule has 0 bridgehead atoms. The number of rotatable bonds is 4. The van der Waals surface area contributed by atoms with Gasteiger partial charge in [-0.15, -0.1) is 0 Å². The summed E-state index contributed by atoms with van der Waals surface area (Å²) < 4.78 is 0. The van der Waals surface area contributed by atoms with Gasteiger partial charge in [-0.1, -0.05) is 13.3 Å². The molecule has 0 aromatic heterocycles. The molecule has 1 aliphatic rings. The third-order valence-electron chi connectivity index (χ3n) is 3.30. The number of nitrogens with zero attached hydrogens (tertiary/aromatic N) is 1. The highest BCUT2D eigenvalue weighted by Crippen LogP contribution is 2.28. The molecule has 82 valence electrons. The fourth-order valence-electron chi connectivity index (χ4n) is 2.29. The average molecular weight is 198 g/mol. The van der Waals surface area contributed by atoms with Crippen molar-refractivity contribution in [2.75, 3.05) is 13.1 Å². The lowest BCUT2D eigenvalue weighted by Gasteiger charge is -2.23. The van der Waals surface area contributed by atoms with Crippen molar-refractivity contribution in [3.63, 3.8) is 0 Å². The van der Waals surface area contributed by atoms with Crippen molar-refractivity contribution in [3.8, 4) is 0 Å². The Labute approximate surface area is 86.6 Å². The van der Waals surface area contributed by atoms with Gasteiger partial charge >= 0.3 is 0 Å². The Morgan fingerprint density at radius 2 is 2.21 bits per heavy atom. The van der Waals surface area contributed by atoms with Crippen molar-refractivity contribution < 1.29 is 4.79 Å². The van der Waals surface area contributed by atoms with E-state index >= 15 is 0 Å². The molecule has 1 aliphatic heterocycles. The number of amides is 1. The van der Waals surface area contributed by atoms with Crippen molar-refractivity contribution in [3.05, 3.63) is 0 Å². The van der Waals surface area contributed by atoms with Gasteiger partial charge in [-0.3, -0.25) is 4.79 Å². The highest BCUT2D eigenvalue weighted by atomic mass is 16.2. The van der Waals surface area contributed by atoms with Crippen LogP contribution in [0.3, 0.4) is 0 Å². The van der Waals surface area contributed by atoms with Crippen LogP contribution >= 0.6 is 0 Å². The molecule has 2 N–H and O–H groups in total. The topological polar surface area (TPSA) is 46.3 Å². The Morgan fingerprint density at radius 1 is 1.57 bits per heavy atom. The quantitative estimate of drug-likeness (QED) is 0.738. The standard InChI is InChI=1S/C11H22N2O/c1-4-9(7-12)10-5-6-13(8(2)3)11(10)14/h8-10H,4-7,12H2,1-3H3. The van der Waals surface area contributed by atoms with Crippen molar-refractivity contribution in [2.24, 2.45) is 17.6 Å². The number of carbonyl (C=O) groups is 1. The van der Waals surface area contributed by atoms with Gasteiger partial charge in [0.1, 0.15) is 0 Å². The lowest BCUT2D eigenvalue weighted by molar-refractivity contribution is -0.133. The molecule has 1 amide bonds. The fraction of sp³-hybridized carbons (Fsp3) is 0.909. The third kappa shape index (κ3) is 2.08. The van der Waals surface area contributed by atoms with Crippen LogP contribution in [0.2, 0.25) is 0 Å². The van der Waals surface area contributed by atoms with E-state index in [1.807, 2.05) is 4.90 Å². The molecule has 2 atom stereocenters. The highest BCUT2D eigenvalue weighted by Gasteiger charge is 2.36. The van der Waals surface area contributed by atoms with Crippen molar-refractivity contribution in [2.45, 2.75) is 39.7 Å². The van der Waals surface area contributed by atoms with Crippen LogP contribution in [0.4, 0.5) is 0 Å². The number of carbonyl (C=O) groups excluding carboxylic acids is 1. The van der Waals surface area contributed by atoms with Crippen LogP contribution in [-0.4, -0.2) is 29.9 Å². The molecule has 3 heteroatoms. The van der Waals surface area contributed by atoms with Gasteiger partial charge in [0.25, 0.3) is 0 Å². The van der Waals surface area contributed by atoms with Gasteiger partial charge in [-0.25, -0.2) is 0 Å². The second kappa shape index (κ2) is 4.78. The van der Waals surface area contributed by atoms with E-state index in [0.717, 1.165) is 19.4 Å². The van der Waals surface area contributed by atoms with Crippen LogP contribution in [0.25, 0.3) is 0 Å². The molecule has 0 radical (unpaired) electrons. The van der Waals surface area contributed by atoms with Crippen molar-refractivity contribution in [1.29, 1.82) is 0 Å². The molecule has 0 saturated carbocycles. The first-order valence-electron chi connectivity index (χ1n) is 5.62. The van der Waals surface area contributed by atoms with Crippen LogP contribution < -0.4 is 5.73 Å². The van der Waals surface area contributed by atoms with E-state index in [1.165, 1.54) is 0 Å². The molecule has 1 heterocycles. The second-order valence-corrected chi connectivity index (χ2v) is 4.42. The predicted octanol–water partition coefficient (Wildman–Crippen LogP) is 1.23. The SMILES string of the molecule is CCC(CN)C1CCN(C(C)C)C1=O. The number of hydrogen-bond donors (Lipinski definition) is 1. The monoisotopic (exact) mass is 198 g/mol. The molecule has 0 aliphatic carbocycles. The maximum Gasteiger partial charge on any atom is 0.226 e. The highest BCUT2D eigenvalue weighted by molar-refractivity contribution is 5.81. The van der Waals surface area contributed by atoms with Gasteiger partial charge in [0, 0.05) is 18.5 Å². The minimum Gasteiger partial charge on any atom is -0.340 e. The average Bonchev–Trinajstić information content (AvgIpc) is 2.51. The summed E-state index contributed by atoms with van der Waals surface area (Å²) >= 11 is 0. The second-order valence-electron chi connectivity index (χ2n) is 4.42. The van der Waals surface area contributed by atoms with E-state index < -0.39 is 0 Å². The molecular weight excluding hydrogens is 176 g/mol. The summed E-state index contributed by atoms with van der Waals surface area (Å²) in [6.07, 6.45) is 2.01. The Hall–Kier alpha value is -0.570. The van der Waals surface area contributed by atoms with Gasteiger partial charge in [0.05, 0.1) is 0 Å². The lowest BCUT2D eigenvalue weighted by atomic mass is 9.89. The molecule has 14 heavy (non-hydrogen) atoms. The smallest absolute Gasteiger partial charge is 0.226 e. The van der Waals surface area contributed by atoms with Crippen molar-refractivity contribution in [1.82, 2.24) is 4.90 Å². The Bertz CT molecular complexity index is 199. The number of likely N-dealkylation sites (tertiary alicyclic amines) is 1. The summed E-state index contributed by atoms with van der Waals surface area (Å²) in [5.74, 6) is 0.885. The zero-order valence-corrected chi connectivity index (χ0v) is 9.49. The summed E-state index contributed by atoms with van der Waals surface area (Å²) in [5.41, 5.74) is 5.68. The summed E-state index contributed by atoms with van der Waals surface area (Å²) in [6.45, 7) is 7.81. The maximum absolute atomic E-state index is 12.0. The van der Waals surface area contributed by atoms with Gasteiger partial charge in [-0.05, 0) is 32.7 Å². The summed E-state index contributed by atoms with van der Waals surface area (Å²) in [4.78, 5) is 14.0. The first-order chi connectivity index (χ1) is 6.61. The van der Waals surface area contributed by atoms with E-state index in [4.69, 9.17) is 5.73 Å². The zero-order chi connectivity index (χ0) is 10.7. The fourth-order valence-corrected chi connectivity index (χ4v) is 2.29. The summed E-state index contributed by atoms with van der Waals surface area (Å²) in [6, 6.07) is 0.336. The van der Waals surface area contributed by atoms with Crippen LogP contribution in [0.5, 0.6) is 0 Å². The Morgan fingerprint density at radius 3 is 2.57 bits per heavy atom. The van der Waals surface area contributed by atoms with Crippen LogP contribution in [0.1, 0.15) is 33.6 Å². The predicted molar refractivity (Wildman–Crippen MR) is 57.8 cm³/mol. The van der Waals surface area contributed by atoms with E-state index in [2.05, 4.69) is 20.8 Å². The van der Waals surface area contributed by atoms with E-state index in [9.17, 15) is 4.79 Å². The first kappa shape index (κ1) is 11.5. The Kier molecular flexibility index (Phi) is 3.93. The Balaban J connectivity index is 2.63. The molecule has 1 fully saturated rings. The van der Waals surface area contributed by atoms with Crippen LogP contribution in [0, 0.1) is 11.8 Å². The maximum atomic E-state index is 12.0. The van der Waals surface area contributed by atoms with E-state index in [-0.39, 0.29) is 5.92 Å². The molecule has 0 spiro atoms. The molecule has 1 rings (SSSR count). The molecular formula is C11H22N2O. The number of hydrogen-bond acceptors (Lipinski definition) is 2. The van der Waals surface area contributed by atoms with Crippen LogP contribution in [0.15, 0.2) is 0 Å². The normalized spacial score (nSPS) is 24.8. The van der Waals surface area contributed by atoms with Gasteiger partial charge in [0.2, 0.25) is 5.91 Å². The lowest BCUT2D eigenvalue weighted by Crippen LogP contribution is -2.36. The van der Waals surface area contributed by atoms with E-state index in [1.54, 1.807) is 0 Å². The third-order valence-corrected chi connectivity index (χ3v) is 3.30. The van der Waals surface area contributed by atoms with Crippen LogP contribution in [-0.2, 0) is 4.79 Å². The zero-order valence-electron chi connectivity index (χ0n) is 9.49. The molecule has 1 saturated heterocycles. The molecule has 0 aromatic rings. The van der Waals surface area contributed by atoms with Gasteiger partial charge in [0.15, 0.2) is 0 Å². The largest absolute Gasteiger partial charge is 0.340 e. The molecule has 3 nitrogen and oxygen atoms in total. The minimum atomic E-state index is 0.187. The summed E-state index contributed by atoms with van der Waals surface area (Å²) in [5, 5.41) is 0. The minimum absolute atomic E-state index is 0.187. The van der Waals surface area contributed by atoms with E-state index in [0.29, 0.717) is 24.4 Å². The van der Waals surface area contributed by atoms with Gasteiger partial charge in [-0.2, -0.15) is 0 Å². The molecule has 0 aromatic carbocycles. The summed E-state index contributed by atoms with van der Waals surface area (Å²) in [7, 11) is 0. The van der Waals surface area contributed by atoms with Gasteiger partial charge < -0.3 is 10.6 Å². The molecule has 2 unspecified atom stereocenters. The number of nitrogens with two attached hydrogens (primary N) is 1. The van der Waals surface area contributed by atoms with Crippen molar-refractivity contribution >= 4 is 5.91 Å². The first-order valence-corrected chi connectivity index (χ1v) is 5.62.